The predicted molar refractivity (Wildman–Crippen MR) is 116 cm³/mol. The van der Waals surface area contributed by atoms with Crippen molar-refractivity contribution in [2.45, 2.75) is 47.2 Å². The van der Waals surface area contributed by atoms with Crippen molar-refractivity contribution in [3.63, 3.8) is 0 Å². The number of esters is 1. The molecule has 0 amide bonds. The molecule has 0 unspecified atom stereocenters. The van der Waals surface area contributed by atoms with Crippen LogP contribution in [0.4, 0.5) is 0 Å². The number of benzene rings is 1. The molecule has 7 nitrogen and oxygen atoms in total. The molecule has 1 aromatic heterocycles. The van der Waals surface area contributed by atoms with E-state index < -0.39 is 12.0 Å². The molecule has 0 spiro atoms. The van der Waals surface area contributed by atoms with Crippen molar-refractivity contribution in [2.75, 3.05) is 27.9 Å². The third-order valence-electron chi connectivity index (χ3n) is 5.47. The first-order valence-corrected chi connectivity index (χ1v) is 9.98. The van der Waals surface area contributed by atoms with Gasteiger partial charge in [0.25, 0.3) is 0 Å². The number of aromatic nitrogens is 1. The molecule has 0 aliphatic carbocycles. The summed E-state index contributed by atoms with van der Waals surface area (Å²) in [5, 5.41) is 0. The van der Waals surface area contributed by atoms with E-state index >= 15 is 0 Å². The summed E-state index contributed by atoms with van der Waals surface area (Å²) in [7, 11) is 5.11. The second-order valence-electron chi connectivity index (χ2n) is 7.43. The molecule has 7 heteroatoms. The number of H-pyrrole nitrogens is 1. The zero-order valence-electron chi connectivity index (χ0n) is 19.1. The Morgan fingerprint density at radius 2 is 1.70 bits per heavy atom. The molecule has 1 aromatic carbocycles. The second kappa shape index (κ2) is 9.80. The molecule has 1 atom stereocenters. The van der Waals surface area contributed by atoms with Crippen LogP contribution in [0.5, 0.6) is 11.5 Å². The van der Waals surface area contributed by atoms with Crippen LogP contribution in [0, 0.1) is 20.8 Å². The largest absolute Gasteiger partial charge is 0.493 e. The summed E-state index contributed by atoms with van der Waals surface area (Å²) >= 11 is 0. The summed E-state index contributed by atoms with van der Waals surface area (Å²) < 4.78 is 15.9. The van der Waals surface area contributed by atoms with Crippen molar-refractivity contribution in [1.29, 1.82) is 0 Å². The lowest BCUT2D eigenvalue weighted by Crippen LogP contribution is -2.36. The van der Waals surface area contributed by atoms with E-state index in [0.717, 1.165) is 11.1 Å². The fourth-order valence-electron chi connectivity index (χ4n) is 3.51. The van der Waals surface area contributed by atoms with E-state index in [-0.39, 0.29) is 12.4 Å². The average molecular weight is 417 g/mol. The van der Waals surface area contributed by atoms with Gasteiger partial charge in [0.15, 0.2) is 17.3 Å². The van der Waals surface area contributed by atoms with Gasteiger partial charge in [-0.15, -0.1) is 0 Å². The minimum Gasteiger partial charge on any atom is -0.493 e. The number of carbonyl (C=O) groups is 2. The van der Waals surface area contributed by atoms with Crippen LogP contribution in [0.2, 0.25) is 0 Å². The second-order valence-corrected chi connectivity index (χ2v) is 7.43. The highest BCUT2D eigenvalue weighted by molar-refractivity contribution is 6.03. The number of ketones is 1. The highest BCUT2D eigenvalue weighted by Gasteiger charge is 2.27. The Morgan fingerprint density at radius 3 is 2.27 bits per heavy atom. The molecule has 0 saturated heterocycles. The van der Waals surface area contributed by atoms with E-state index in [9.17, 15) is 9.59 Å². The Kier molecular flexibility index (Phi) is 7.67. The molecular formula is C23H32N2O5. The number of nitrogens with one attached hydrogen (secondary N) is 1. The van der Waals surface area contributed by atoms with Crippen molar-refractivity contribution in [3.05, 3.63) is 45.8 Å². The minimum absolute atomic E-state index is 0.0771. The third-order valence-corrected chi connectivity index (χ3v) is 5.47. The normalized spacial score (nSPS) is 12.0. The van der Waals surface area contributed by atoms with E-state index in [0.29, 0.717) is 40.6 Å². The maximum absolute atomic E-state index is 13.2. The number of hydrogen-bond donors (Lipinski definition) is 1. The van der Waals surface area contributed by atoms with Gasteiger partial charge in [-0.25, -0.2) is 4.79 Å². The topological polar surface area (TPSA) is 80.9 Å². The molecule has 2 aromatic rings. The number of aromatic amines is 1. The van der Waals surface area contributed by atoms with Crippen molar-refractivity contribution in [3.8, 4) is 11.5 Å². The van der Waals surface area contributed by atoms with Crippen molar-refractivity contribution in [1.82, 2.24) is 9.88 Å². The minimum atomic E-state index is -0.412. The van der Waals surface area contributed by atoms with E-state index in [1.54, 1.807) is 35.0 Å². The van der Waals surface area contributed by atoms with Gasteiger partial charge >= 0.3 is 5.97 Å². The zero-order valence-corrected chi connectivity index (χ0v) is 19.1. The van der Waals surface area contributed by atoms with Gasteiger partial charge in [-0.3, -0.25) is 9.69 Å². The van der Waals surface area contributed by atoms with Crippen molar-refractivity contribution in [2.24, 2.45) is 0 Å². The standard InChI is InChI=1S/C23H32N2O5/c1-9-30-23(27)20-14(3)21(24-15(20)4)22(26)16(5)25(6)12-17-11-19(29-8)18(28-7)10-13(17)2/h10-11,16,24H,9,12H2,1-8H3/t16-/m1/s1. The molecule has 2 rings (SSSR count). The van der Waals surface area contributed by atoms with Crippen LogP contribution in [-0.4, -0.2) is 55.6 Å². The van der Waals surface area contributed by atoms with E-state index in [1.165, 1.54) is 0 Å². The lowest BCUT2D eigenvalue weighted by Gasteiger charge is -2.25. The summed E-state index contributed by atoms with van der Waals surface area (Å²) in [6.07, 6.45) is 0. The summed E-state index contributed by atoms with van der Waals surface area (Å²) in [4.78, 5) is 30.5. The van der Waals surface area contributed by atoms with Crippen LogP contribution in [0.25, 0.3) is 0 Å². The lowest BCUT2D eigenvalue weighted by molar-refractivity contribution is 0.0525. The van der Waals surface area contributed by atoms with Gasteiger partial charge in [-0.1, -0.05) is 0 Å². The molecule has 0 aliphatic rings. The van der Waals surface area contributed by atoms with E-state index in [1.807, 2.05) is 37.9 Å². The molecule has 0 bridgehead atoms. The summed E-state index contributed by atoms with van der Waals surface area (Å²) in [6, 6.07) is 3.47. The van der Waals surface area contributed by atoms with Gasteiger partial charge in [-0.2, -0.15) is 0 Å². The first-order valence-electron chi connectivity index (χ1n) is 9.98. The number of nitrogens with zero attached hydrogens (tertiary/aromatic N) is 1. The number of aryl methyl sites for hydroxylation is 2. The molecule has 0 aliphatic heterocycles. The molecule has 0 radical (unpaired) electrons. The molecular weight excluding hydrogens is 384 g/mol. The summed E-state index contributed by atoms with van der Waals surface area (Å²) in [5.41, 5.74) is 4.24. The van der Waals surface area contributed by atoms with Gasteiger partial charge in [0.1, 0.15) is 0 Å². The average Bonchev–Trinajstić information content (AvgIpc) is 3.01. The van der Waals surface area contributed by atoms with Gasteiger partial charge in [0.2, 0.25) is 0 Å². The summed E-state index contributed by atoms with van der Waals surface area (Å²) in [5.74, 6) is 0.839. The number of hydrogen-bond acceptors (Lipinski definition) is 6. The first-order chi connectivity index (χ1) is 14.2. The van der Waals surface area contributed by atoms with Crippen molar-refractivity contribution >= 4 is 11.8 Å². The van der Waals surface area contributed by atoms with E-state index in [4.69, 9.17) is 14.2 Å². The number of rotatable bonds is 9. The maximum Gasteiger partial charge on any atom is 0.340 e. The zero-order chi connectivity index (χ0) is 22.6. The van der Waals surface area contributed by atoms with Crippen molar-refractivity contribution < 1.29 is 23.8 Å². The third kappa shape index (κ3) is 4.67. The van der Waals surface area contributed by atoms with Gasteiger partial charge in [0, 0.05) is 12.2 Å². The van der Waals surface area contributed by atoms with Gasteiger partial charge < -0.3 is 19.2 Å². The number of likely N-dealkylation sites (N-methyl/N-ethyl adjacent to an activating group) is 1. The Labute approximate surface area is 178 Å². The molecule has 1 heterocycles. The SMILES string of the molecule is CCOC(=O)c1c(C)[nH]c(C(=O)[C@@H](C)N(C)Cc2cc(OC)c(OC)cc2C)c1C. The number of carbonyl (C=O) groups excluding carboxylic acids is 2. The lowest BCUT2D eigenvalue weighted by atomic mass is 10.0. The van der Waals surface area contributed by atoms with Crippen LogP contribution in [0.15, 0.2) is 12.1 Å². The molecule has 164 valence electrons. The van der Waals surface area contributed by atoms with Crippen LogP contribution < -0.4 is 9.47 Å². The fraction of sp³-hybridized carbons (Fsp3) is 0.478. The molecule has 30 heavy (non-hydrogen) atoms. The maximum atomic E-state index is 13.2. The van der Waals surface area contributed by atoms with Gasteiger partial charge in [-0.05, 0) is 70.5 Å². The summed E-state index contributed by atoms with van der Waals surface area (Å²) in [6.45, 7) is 10.0. The number of methoxy groups -OCH3 is 2. The van der Waals surface area contributed by atoms with Crippen LogP contribution in [0.1, 0.15) is 57.1 Å². The highest BCUT2D eigenvalue weighted by Crippen LogP contribution is 2.31. The Balaban J connectivity index is 2.25. The fourth-order valence-corrected chi connectivity index (χ4v) is 3.51. The highest BCUT2D eigenvalue weighted by atomic mass is 16.5. The van der Waals surface area contributed by atoms with E-state index in [2.05, 4.69) is 4.98 Å². The van der Waals surface area contributed by atoms with Crippen LogP contribution in [0.3, 0.4) is 0 Å². The van der Waals surface area contributed by atoms with Gasteiger partial charge in [0.05, 0.1) is 38.1 Å². The smallest absolute Gasteiger partial charge is 0.340 e. The van der Waals surface area contributed by atoms with Crippen LogP contribution >= 0.6 is 0 Å². The predicted octanol–water partition coefficient (Wildman–Crippen LogP) is 3.84. The molecule has 0 fully saturated rings. The molecule has 1 N–H and O–H groups in total. The Morgan fingerprint density at radius 1 is 1.10 bits per heavy atom. The monoisotopic (exact) mass is 416 g/mol. The number of ether oxygens (including phenoxy) is 3. The molecule has 0 saturated carbocycles. The number of Topliss-reactive ketones (excluding diaryl/α,β-unsaturated/α-hetero) is 1. The Hall–Kier alpha value is -2.80. The quantitative estimate of drug-likeness (QED) is 0.494. The Bertz CT molecular complexity index is 932. The first kappa shape index (κ1) is 23.5. The van der Waals surface area contributed by atoms with Crippen LogP contribution in [-0.2, 0) is 11.3 Å².